The minimum Gasteiger partial charge on any atom is -0.244 e. The van der Waals surface area contributed by atoms with Gasteiger partial charge in [-0.2, -0.15) is 0 Å². The Labute approximate surface area is 185 Å². The van der Waals surface area contributed by atoms with Crippen LogP contribution in [0.1, 0.15) is 30.5 Å². The molecule has 5 rings (SSSR count). The summed E-state index contributed by atoms with van der Waals surface area (Å²) in [5.41, 5.74) is 7.26. The van der Waals surface area contributed by atoms with Gasteiger partial charge in [-0.05, 0) is 73.8 Å². The van der Waals surface area contributed by atoms with Crippen molar-refractivity contribution in [3.63, 3.8) is 0 Å². The Morgan fingerprint density at radius 2 is 1.23 bits per heavy atom. The van der Waals surface area contributed by atoms with Crippen molar-refractivity contribution < 1.29 is 8.22 Å². The largest absolute Gasteiger partial charge is 0.244 e. The van der Waals surface area contributed by atoms with Gasteiger partial charge >= 0.3 is 0 Å². The van der Waals surface area contributed by atoms with E-state index in [0.717, 1.165) is 33.4 Å². The van der Waals surface area contributed by atoms with Gasteiger partial charge in [0.15, 0.2) is 0 Å². The van der Waals surface area contributed by atoms with E-state index in [0.29, 0.717) is 11.4 Å². The van der Waals surface area contributed by atoms with E-state index in [2.05, 4.69) is 6.07 Å². The molecule has 0 N–H and O–H groups in total. The first-order chi connectivity index (χ1) is 17.0. The lowest BCUT2D eigenvalue weighted by molar-refractivity contribution is 1.26. The fourth-order valence-corrected chi connectivity index (χ4v) is 4.02. The molecule has 0 atom stereocenters. The molecular formula is C28H24N2. The van der Waals surface area contributed by atoms with E-state index < -0.39 is 12.1 Å². The molecule has 0 unspecified atom stereocenters. The standard InChI is InChI=1S/C28H24N2/c1-17-12-18(2)14-23(13-17)27-28(26-19(3)8-7-9-20(26)4)30-25-16-22-11-6-5-10-21(22)15-24(25)29-27/h5-16H,1-4H3/i5D,6D,10D,11D,15D,16D. The lowest BCUT2D eigenvalue weighted by Crippen LogP contribution is -1.99. The monoisotopic (exact) mass is 394 g/mol. The zero-order valence-corrected chi connectivity index (χ0v) is 17.4. The molecule has 0 amide bonds. The van der Waals surface area contributed by atoms with Gasteiger partial charge in [0.2, 0.25) is 0 Å². The molecule has 0 aliphatic carbocycles. The summed E-state index contributed by atoms with van der Waals surface area (Å²) in [5, 5.41) is -0.0293. The van der Waals surface area contributed by atoms with Crippen LogP contribution in [0.3, 0.4) is 0 Å². The third-order valence-electron chi connectivity index (χ3n) is 5.28. The first-order valence-electron chi connectivity index (χ1n) is 12.9. The Balaban J connectivity index is 2.03. The van der Waals surface area contributed by atoms with Crippen molar-refractivity contribution >= 4 is 21.8 Å². The summed E-state index contributed by atoms with van der Waals surface area (Å²) >= 11 is 0. The molecule has 1 aromatic heterocycles. The highest BCUT2D eigenvalue weighted by molar-refractivity contribution is 5.97. The van der Waals surface area contributed by atoms with Crippen LogP contribution in [0.4, 0.5) is 0 Å². The fourth-order valence-electron chi connectivity index (χ4n) is 4.02. The van der Waals surface area contributed by atoms with Crippen LogP contribution in [-0.4, -0.2) is 9.97 Å². The number of aryl methyl sites for hydroxylation is 4. The number of hydrogen-bond acceptors (Lipinski definition) is 2. The average Bonchev–Trinajstić information content (AvgIpc) is 2.82. The number of aromatic nitrogens is 2. The van der Waals surface area contributed by atoms with E-state index in [1.165, 1.54) is 0 Å². The molecule has 5 aromatic rings. The molecule has 0 saturated heterocycles. The highest BCUT2D eigenvalue weighted by atomic mass is 14.8. The average molecular weight is 395 g/mol. The summed E-state index contributed by atoms with van der Waals surface area (Å²) < 4.78 is 50.8. The van der Waals surface area contributed by atoms with E-state index in [-0.39, 0.29) is 46.0 Å². The van der Waals surface area contributed by atoms with Crippen LogP contribution in [-0.2, 0) is 0 Å². The second kappa shape index (κ2) is 7.07. The zero-order valence-electron chi connectivity index (χ0n) is 23.4. The Kier molecular flexibility index (Phi) is 3.04. The second-order valence-electron chi connectivity index (χ2n) is 7.76. The van der Waals surface area contributed by atoms with Crippen molar-refractivity contribution in [1.29, 1.82) is 0 Å². The molecule has 146 valence electrons. The number of rotatable bonds is 2. The first kappa shape index (κ1) is 12.9. The van der Waals surface area contributed by atoms with Gasteiger partial charge in [0, 0.05) is 11.1 Å². The maximum Gasteiger partial charge on any atom is 0.0978 e. The van der Waals surface area contributed by atoms with Crippen LogP contribution in [0.2, 0.25) is 0 Å². The Morgan fingerprint density at radius 3 is 1.80 bits per heavy atom. The third kappa shape index (κ3) is 3.15. The molecule has 0 bridgehead atoms. The third-order valence-corrected chi connectivity index (χ3v) is 5.28. The molecule has 0 saturated carbocycles. The van der Waals surface area contributed by atoms with Crippen LogP contribution in [0.15, 0.2) is 72.7 Å². The Bertz CT molecular complexity index is 1700. The lowest BCUT2D eigenvalue weighted by Gasteiger charge is -2.16. The molecule has 2 nitrogen and oxygen atoms in total. The summed E-state index contributed by atoms with van der Waals surface area (Å²) in [4.78, 5) is 9.81. The van der Waals surface area contributed by atoms with Gasteiger partial charge < -0.3 is 0 Å². The summed E-state index contributed by atoms with van der Waals surface area (Å²) in [7, 11) is 0. The summed E-state index contributed by atoms with van der Waals surface area (Å²) in [6.45, 7) is 8.00. The number of benzene rings is 4. The van der Waals surface area contributed by atoms with E-state index >= 15 is 0 Å². The van der Waals surface area contributed by atoms with Crippen molar-refractivity contribution in [2.45, 2.75) is 27.7 Å². The Morgan fingerprint density at radius 1 is 0.700 bits per heavy atom. The molecule has 4 aromatic carbocycles. The van der Waals surface area contributed by atoms with Crippen LogP contribution in [0.5, 0.6) is 0 Å². The normalized spacial score (nSPS) is 14.1. The molecular weight excluding hydrogens is 364 g/mol. The maximum absolute atomic E-state index is 8.91. The molecule has 0 radical (unpaired) electrons. The van der Waals surface area contributed by atoms with E-state index in [1.54, 1.807) is 0 Å². The van der Waals surface area contributed by atoms with Crippen LogP contribution < -0.4 is 0 Å². The molecule has 0 spiro atoms. The number of fused-ring (bicyclic) bond motifs is 2. The van der Waals surface area contributed by atoms with Gasteiger partial charge in [0.05, 0.1) is 30.6 Å². The highest BCUT2D eigenvalue weighted by Gasteiger charge is 2.17. The van der Waals surface area contributed by atoms with E-state index in [9.17, 15) is 0 Å². The maximum atomic E-state index is 8.91. The highest BCUT2D eigenvalue weighted by Crippen LogP contribution is 2.36. The predicted octanol–water partition coefficient (Wildman–Crippen LogP) is 7.35. The predicted molar refractivity (Wildman–Crippen MR) is 127 cm³/mol. The van der Waals surface area contributed by atoms with Crippen molar-refractivity contribution in [1.82, 2.24) is 9.97 Å². The van der Waals surface area contributed by atoms with Crippen molar-refractivity contribution in [2.75, 3.05) is 0 Å². The van der Waals surface area contributed by atoms with Gasteiger partial charge in [-0.15, -0.1) is 0 Å². The number of nitrogens with zero attached hydrogens (tertiary/aromatic N) is 2. The van der Waals surface area contributed by atoms with E-state index in [1.807, 2.05) is 58.0 Å². The second-order valence-corrected chi connectivity index (χ2v) is 7.76. The van der Waals surface area contributed by atoms with Gasteiger partial charge in [-0.1, -0.05) is 59.6 Å². The molecule has 0 aliphatic rings. The summed E-state index contributed by atoms with van der Waals surface area (Å²) in [5.74, 6) is 0. The molecule has 0 fully saturated rings. The summed E-state index contributed by atoms with van der Waals surface area (Å²) in [6.07, 6.45) is 0. The minimum absolute atomic E-state index is 0.0144. The molecule has 30 heavy (non-hydrogen) atoms. The van der Waals surface area contributed by atoms with Gasteiger partial charge in [0.1, 0.15) is 0 Å². The minimum atomic E-state index is -0.436. The molecule has 1 heterocycles. The zero-order chi connectivity index (χ0) is 26.0. The SMILES string of the molecule is [2H]c1c([2H])c([2H])c2c([2H])c3nc(-c4c(C)cccc4C)c(-c4cc(C)cc(C)c4)nc3c([2H])c2c1[2H]. The van der Waals surface area contributed by atoms with Crippen molar-refractivity contribution in [3.8, 4) is 22.5 Å². The summed E-state index contributed by atoms with van der Waals surface area (Å²) in [6, 6.07) is 10.2. The Hall–Kier alpha value is -3.52. The van der Waals surface area contributed by atoms with Gasteiger partial charge in [0.25, 0.3) is 0 Å². The van der Waals surface area contributed by atoms with Crippen LogP contribution >= 0.6 is 0 Å². The van der Waals surface area contributed by atoms with E-state index in [4.69, 9.17) is 18.2 Å². The van der Waals surface area contributed by atoms with Crippen molar-refractivity contribution in [3.05, 3.63) is 94.9 Å². The molecule has 2 heteroatoms. The lowest BCUT2D eigenvalue weighted by atomic mass is 9.94. The van der Waals surface area contributed by atoms with Crippen LogP contribution in [0, 0.1) is 27.7 Å². The van der Waals surface area contributed by atoms with Crippen LogP contribution in [0.25, 0.3) is 44.3 Å². The van der Waals surface area contributed by atoms with Gasteiger partial charge in [-0.3, -0.25) is 0 Å². The quantitative estimate of drug-likeness (QED) is 0.292. The molecule has 0 aliphatic heterocycles. The van der Waals surface area contributed by atoms with Gasteiger partial charge in [-0.25, -0.2) is 9.97 Å². The topological polar surface area (TPSA) is 25.8 Å². The van der Waals surface area contributed by atoms with Crippen molar-refractivity contribution in [2.24, 2.45) is 0 Å². The first-order valence-corrected chi connectivity index (χ1v) is 9.87. The fraction of sp³-hybridized carbons (Fsp3) is 0.143. The smallest absolute Gasteiger partial charge is 0.0978 e. The number of hydrogen-bond donors (Lipinski definition) is 0.